The van der Waals surface area contributed by atoms with E-state index in [9.17, 15) is 131 Å². The Kier molecular flexibility index (Phi) is 34.5. The molecule has 0 spiro atoms. The lowest BCUT2D eigenvalue weighted by Crippen LogP contribution is -2.64. The molecule has 0 bridgehead atoms. The molecule has 36 heteroatoms. The second-order valence-electron chi connectivity index (χ2n) is 8.00. The molecule has 0 saturated carbocycles. The van der Waals surface area contributed by atoms with Gasteiger partial charge in [0.15, 0.2) is 13.3 Å². The van der Waals surface area contributed by atoms with Crippen molar-refractivity contribution < 1.29 is 150 Å². The third kappa shape index (κ3) is 30.9. The van der Waals surface area contributed by atoms with E-state index in [2.05, 4.69) is 9.47 Å². The highest BCUT2D eigenvalue weighted by atomic mass is 79.9. The lowest BCUT2D eigenvalue weighted by molar-refractivity contribution is -0.516. The molecule has 0 aliphatic carbocycles. The molecule has 6 nitrogen and oxygen atoms in total. The predicted molar refractivity (Wildman–Crippen MR) is 143 cm³/mol. The molecule has 360 valence electrons. The average Bonchev–Trinajstić information content (AvgIpc) is 2.89. The van der Waals surface area contributed by atoms with Crippen molar-refractivity contribution in [2.24, 2.45) is 0 Å². The van der Waals surface area contributed by atoms with E-state index in [1.165, 1.54) is 15.9 Å². The van der Waals surface area contributed by atoms with Gasteiger partial charge in [0.25, 0.3) is 5.92 Å². The second kappa shape index (κ2) is 25.8. The zero-order chi connectivity index (χ0) is 44.9. The van der Waals surface area contributed by atoms with Crippen molar-refractivity contribution in [1.29, 1.82) is 0 Å². The van der Waals surface area contributed by atoms with Crippen LogP contribution in [0.25, 0.3) is 0 Å². The minimum Gasteiger partial charge on any atom is -0.306 e. The third-order valence-electron chi connectivity index (χ3n) is 3.22. The highest BCUT2D eigenvalue weighted by molar-refractivity contribution is 9.10. The van der Waals surface area contributed by atoms with Gasteiger partial charge in [-0.15, -0.1) is 0 Å². The van der Waals surface area contributed by atoms with Crippen LogP contribution in [0.3, 0.4) is 0 Å². The molecule has 0 aromatic carbocycles. The summed E-state index contributed by atoms with van der Waals surface area (Å²) >= 11 is 1.19. The molecule has 0 aliphatic rings. The van der Waals surface area contributed by atoms with E-state index >= 15 is 0 Å². The standard InChI is InChI=1S/C7H3F13O5S.C4H2BrF7O.C3H5F3.C2H2F4.CH3F.4CH4/c8-2(9,10)1-24-5(15,16)3(11,4(12,13)14)25-6(17,18)7(19,20)26(21,22)23;5-3(9,10)4(11,12)13-1-2(6,7)8;1-3(5,6)2-4;3-1-2(4,5)6;1-2;;;;/h1H2,(H,21,22,23);1H2;2H2,1H3;1H2;1H3;4*1H4. The van der Waals surface area contributed by atoms with Gasteiger partial charge in [0, 0.05) is 22.9 Å². The summed E-state index contributed by atoms with van der Waals surface area (Å²) in [6.45, 7) is -9.08. The summed E-state index contributed by atoms with van der Waals surface area (Å²) < 4.78 is 362. The number of hydrogen-bond acceptors (Lipinski definition) is 5. The highest BCUT2D eigenvalue weighted by Gasteiger charge is 2.81. The van der Waals surface area contributed by atoms with Gasteiger partial charge in [0.1, 0.15) is 13.2 Å². The van der Waals surface area contributed by atoms with Crippen molar-refractivity contribution in [1.82, 2.24) is 0 Å². The Bertz CT molecular complexity index is 1110. The van der Waals surface area contributed by atoms with Crippen molar-refractivity contribution in [3.05, 3.63) is 0 Å². The molecule has 1 atom stereocenters. The van der Waals surface area contributed by atoms with Crippen molar-refractivity contribution in [2.45, 2.75) is 102 Å². The normalized spacial score (nSPS) is 14.2. The molecule has 0 rings (SSSR count). The van der Waals surface area contributed by atoms with E-state index in [0.717, 1.165) is 0 Å². The van der Waals surface area contributed by atoms with Crippen molar-refractivity contribution in [3.63, 3.8) is 0 Å². The summed E-state index contributed by atoms with van der Waals surface area (Å²) in [5, 5.41) is -7.12. The van der Waals surface area contributed by atoms with Gasteiger partial charge in [0.05, 0.1) is 7.18 Å². The minimum atomic E-state index is -7.46. The number of ether oxygens (including phenoxy) is 3. The van der Waals surface area contributed by atoms with E-state index in [-0.39, 0.29) is 29.7 Å². The van der Waals surface area contributed by atoms with Gasteiger partial charge in [-0.25, -0.2) is 17.6 Å². The first kappa shape index (κ1) is 76.1. The molecule has 0 aromatic rings. The Hall–Kier alpha value is -1.69. The third-order valence-corrected chi connectivity index (χ3v) is 4.57. The van der Waals surface area contributed by atoms with E-state index in [1.54, 1.807) is 4.74 Å². The van der Waals surface area contributed by atoms with Crippen LogP contribution in [0.1, 0.15) is 36.6 Å². The molecular formula is C21H31BrF28O6S. The molecule has 0 radical (unpaired) electrons. The predicted octanol–water partition coefficient (Wildman–Crippen LogP) is 12.9. The zero-order valence-corrected chi connectivity index (χ0v) is 26.6. The number of hydrogen-bond donors (Lipinski definition) is 1. The topological polar surface area (TPSA) is 82.1 Å². The Balaban J connectivity index is -0.0000000887. The summed E-state index contributed by atoms with van der Waals surface area (Å²) in [7, 11) is -6.87. The Morgan fingerprint density at radius 3 is 0.912 bits per heavy atom. The SMILES string of the molecule is C.C.C.C.CC(F)(F)CF.CF.FC(F)(F)COC(F)(F)C(F)(F)Br.FCC(F)(F)F.O=S(=O)(O)C(F)(F)C(F)(F)OC(F)(C(F)(F)F)C(F)(F)OCC(F)(F)F. The minimum absolute atomic E-state index is 0. The molecule has 57 heavy (non-hydrogen) atoms. The van der Waals surface area contributed by atoms with E-state index in [4.69, 9.17) is 4.55 Å². The van der Waals surface area contributed by atoms with Crippen LogP contribution in [-0.4, -0.2) is 112 Å². The first-order valence-electron chi connectivity index (χ1n) is 10.9. The Morgan fingerprint density at radius 2 is 0.754 bits per heavy atom. The van der Waals surface area contributed by atoms with Crippen molar-refractivity contribution in [2.75, 3.05) is 33.7 Å². The first-order chi connectivity index (χ1) is 22.5. The van der Waals surface area contributed by atoms with E-state index in [1.807, 2.05) is 0 Å². The fourth-order valence-electron chi connectivity index (χ4n) is 1.19. The molecule has 0 aromatic heterocycles. The molecule has 0 saturated heterocycles. The molecule has 0 amide bonds. The lowest BCUT2D eigenvalue weighted by Gasteiger charge is -2.37. The molecular weight excluding hydrogens is 992 g/mol. The van der Waals surface area contributed by atoms with Crippen LogP contribution in [0.5, 0.6) is 0 Å². The number of alkyl halides is 29. The first-order valence-corrected chi connectivity index (χ1v) is 13.1. The van der Waals surface area contributed by atoms with Crippen LogP contribution in [0.2, 0.25) is 0 Å². The Labute approximate surface area is 312 Å². The molecule has 0 aliphatic heterocycles. The van der Waals surface area contributed by atoms with Crippen LogP contribution in [0, 0.1) is 0 Å². The summed E-state index contributed by atoms with van der Waals surface area (Å²) in [6.07, 6.45) is -42.6. The summed E-state index contributed by atoms with van der Waals surface area (Å²) in [6, 6.07) is 0. The number of rotatable bonds is 11. The van der Waals surface area contributed by atoms with Gasteiger partial charge >= 0.3 is 69.1 Å². The second-order valence-corrected chi connectivity index (χ2v) is 10.5. The maximum atomic E-state index is 13.4. The van der Waals surface area contributed by atoms with Crippen LogP contribution in [0.15, 0.2) is 0 Å². The quantitative estimate of drug-likeness (QED) is 0.126. The van der Waals surface area contributed by atoms with Gasteiger partial charge in [0.2, 0.25) is 0 Å². The zero-order valence-electron chi connectivity index (χ0n) is 24.2. The van der Waals surface area contributed by atoms with Crippen molar-refractivity contribution in [3.8, 4) is 0 Å². The van der Waals surface area contributed by atoms with E-state index < -0.39 is 102 Å². The van der Waals surface area contributed by atoms with Crippen LogP contribution < -0.4 is 0 Å². The van der Waals surface area contributed by atoms with Gasteiger partial charge in [-0.05, 0) is 0 Å². The smallest absolute Gasteiger partial charge is 0.306 e. The maximum absolute atomic E-state index is 13.4. The maximum Gasteiger partial charge on any atom is 0.460 e. The number of halogens is 29. The molecule has 0 fully saturated rings. The van der Waals surface area contributed by atoms with Gasteiger partial charge in [-0.1, -0.05) is 29.7 Å². The van der Waals surface area contributed by atoms with Crippen LogP contribution >= 0.6 is 15.9 Å². The molecule has 0 heterocycles. The monoisotopic (exact) mass is 1020 g/mol. The molecule has 1 N–H and O–H groups in total. The average molecular weight is 1020 g/mol. The largest absolute Gasteiger partial charge is 0.460 e. The van der Waals surface area contributed by atoms with Gasteiger partial charge in [-0.3, -0.25) is 13.7 Å². The lowest BCUT2D eigenvalue weighted by atomic mass is 10.2. The Morgan fingerprint density at radius 1 is 0.509 bits per heavy atom. The fraction of sp³-hybridized carbons (Fsp3) is 1.00. The van der Waals surface area contributed by atoms with Gasteiger partial charge < -0.3 is 9.47 Å². The summed E-state index contributed by atoms with van der Waals surface area (Å²) in [5.41, 5.74) is 0. The van der Waals surface area contributed by atoms with Crippen LogP contribution in [-0.2, 0) is 24.3 Å². The fourth-order valence-corrected chi connectivity index (χ4v) is 1.64. The highest BCUT2D eigenvalue weighted by Crippen LogP contribution is 2.53. The van der Waals surface area contributed by atoms with Crippen LogP contribution in [0.4, 0.5) is 123 Å². The summed E-state index contributed by atoms with van der Waals surface area (Å²) in [5.74, 6) is -10.5. The molecule has 1 unspecified atom stereocenters. The summed E-state index contributed by atoms with van der Waals surface area (Å²) in [4.78, 5) is -4.83. The van der Waals surface area contributed by atoms with Crippen molar-refractivity contribution >= 4 is 26.0 Å². The van der Waals surface area contributed by atoms with Gasteiger partial charge in [-0.2, -0.15) is 109 Å². The van der Waals surface area contributed by atoms with E-state index in [0.29, 0.717) is 14.1 Å².